The van der Waals surface area contributed by atoms with Gasteiger partial charge in [-0.1, -0.05) is 19.1 Å². The molecule has 3 rings (SSSR count). The van der Waals surface area contributed by atoms with Crippen molar-refractivity contribution in [2.24, 2.45) is 0 Å². The van der Waals surface area contributed by atoms with Gasteiger partial charge in [-0.15, -0.1) is 0 Å². The lowest BCUT2D eigenvalue weighted by Crippen LogP contribution is -2.44. The molecule has 1 aromatic carbocycles. The summed E-state index contributed by atoms with van der Waals surface area (Å²) in [5.41, 5.74) is 4.52. The van der Waals surface area contributed by atoms with E-state index in [1.807, 2.05) is 36.1 Å². The minimum Gasteiger partial charge on any atom is -0.345 e. The fraction of sp³-hybridized carbons (Fsp3) is 0.389. The Bertz CT molecular complexity index is 689. The Balaban J connectivity index is 1.81. The number of fused-ring (bicyclic) bond motifs is 1. The van der Waals surface area contributed by atoms with Crippen LogP contribution in [0.25, 0.3) is 0 Å². The SMILES string of the molecule is CC[C@@H]1c2ccc(C)n2CCN1C(=O)Nc1cccc(C)c1. The summed E-state index contributed by atoms with van der Waals surface area (Å²) in [6.07, 6.45) is 0.921. The van der Waals surface area contributed by atoms with E-state index in [4.69, 9.17) is 0 Å². The van der Waals surface area contributed by atoms with E-state index in [2.05, 4.69) is 35.9 Å². The van der Waals surface area contributed by atoms with Gasteiger partial charge in [-0.05, 0) is 50.1 Å². The van der Waals surface area contributed by atoms with E-state index in [9.17, 15) is 4.79 Å². The molecule has 0 fully saturated rings. The molecule has 4 nitrogen and oxygen atoms in total. The molecule has 1 aliphatic rings. The number of carbonyl (C=O) groups excluding carboxylic acids is 1. The fourth-order valence-electron chi connectivity index (χ4n) is 3.30. The van der Waals surface area contributed by atoms with Gasteiger partial charge < -0.3 is 14.8 Å². The molecule has 0 unspecified atom stereocenters. The van der Waals surface area contributed by atoms with E-state index in [1.165, 1.54) is 11.4 Å². The van der Waals surface area contributed by atoms with Crippen molar-refractivity contribution in [2.45, 2.75) is 39.8 Å². The van der Waals surface area contributed by atoms with Crippen molar-refractivity contribution in [2.75, 3.05) is 11.9 Å². The Labute approximate surface area is 131 Å². The monoisotopic (exact) mass is 297 g/mol. The van der Waals surface area contributed by atoms with Gasteiger partial charge in [0.25, 0.3) is 0 Å². The minimum atomic E-state index is -0.0115. The van der Waals surface area contributed by atoms with E-state index >= 15 is 0 Å². The summed E-state index contributed by atoms with van der Waals surface area (Å²) in [5.74, 6) is 0. The van der Waals surface area contributed by atoms with Crippen molar-refractivity contribution in [3.05, 3.63) is 53.3 Å². The van der Waals surface area contributed by atoms with Gasteiger partial charge in [-0.3, -0.25) is 0 Å². The minimum absolute atomic E-state index is 0.0115. The third kappa shape index (κ3) is 2.61. The molecule has 1 aliphatic heterocycles. The smallest absolute Gasteiger partial charge is 0.322 e. The first kappa shape index (κ1) is 14.7. The highest BCUT2D eigenvalue weighted by Crippen LogP contribution is 2.30. The molecule has 4 heteroatoms. The third-order valence-electron chi connectivity index (χ3n) is 4.43. The first-order chi connectivity index (χ1) is 10.6. The van der Waals surface area contributed by atoms with Crippen molar-refractivity contribution in [1.82, 2.24) is 9.47 Å². The Hall–Kier alpha value is -2.23. The maximum atomic E-state index is 12.7. The van der Waals surface area contributed by atoms with Crippen LogP contribution in [-0.4, -0.2) is 22.0 Å². The first-order valence-corrected chi connectivity index (χ1v) is 7.90. The second kappa shape index (κ2) is 5.87. The largest absolute Gasteiger partial charge is 0.345 e. The number of aromatic nitrogens is 1. The second-order valence-corrected chi connectivity index (χ2v) is 5.97. The Kier molecular flexibility index (Phi) is 3.92. The zero-order valence-corrected chi connectivity index (χ0v) is 13.5. The van der Waals surface area contributed by atoms with Crippen molar-refractivity contribution >= 4 is 11.7 Å². The molecule has 22 heavy (non-hydrogen) atoms. The summed E-state index contributed by atoms with van der Waals surface area (Å²) in [6, 6.07) is 12.3. The van der Waals surface area contributed by atoms with Crippen molar-refractivity contribution in [3.63, 3.8) is 0 Å². The van der Waals surface area contributed by atoms with Crippen LogP contribution in [0, 0.1) is 13.8 Å². The highest BCUT2D eigenvalue weighted by molar-refractivity contribution is 5.89. The van der Waals surface area contributed by atoms with Gasteiger partial charge in [0.05, 0.1) is 6.04 Å². The molecule has 0 spiro atoms. The average molecular weight is 297 g/mol. The standard InChI is InChI=1S/C18H23N3O/c1-4-16-17-9-8-14(3)20(17)10-11-21(16)18(22)19-15-7-5-6-13(2)12-15/h5-9,12,16H,4,10-11H2,1-3H3,(H,19,22)/t16-/m1/s1. The Morgan fingerprint density at radius 2 is 2.05 bits per heavy atom. The highest BCUT2D eigenvalue weighted by Gasteiger charge is 2.30. The maximum absolute atomic E-state index is 12.7. The van der Waals surface area contributed by atoms with Gasteiger partial charge in [0.1, 0.15) is 0 Å². The number of urea groups is 1. The lowest BCUT2D eigenvalue weighted by Gasteiger charge is -2.37. The summed E-state index contributed by atoms with van der Waals surface area (Å²) >= 11 is 0. The predicted octanol–water partition coefficient (Wildman–Crippen LogP) is 4.10. The molecule has 1 atom stereocenters. The van der Waals surface area contributed by atoms with Crippen LogP contribution in [0.1, 0.15) is 36.3 Å². The molecule has 0 saturated heterocycles. The molecule has 2 aromatic rings. The number of benzene rings is 1. The molecule has 2 heterocycles. The third-order valence-corrected chi connectivity index (χ3v) is 4.43. The van der Waals surface area contributed by atoms with Crippen LogP contribution in [-0.2, 0) is 6.54 Å². The lowest BCUT2D eigenvalue weighted by atomic mass is 10.1. The molecule has 116 valence electrons. The highest BCUT2D eigenvalue weighted by atomic mass is 16.2. The molecule has 1 N–H and O–H groups in total. The number of rotatable bonds is 2. The van der Waals surface area contributed by atoms with Gasteiger partial charge in [-0.25, -0.2) is 4.79 Å². The van der Waals surface area contributed by atoms with E-state index in [0.717, 1.165) is 30.8 Å². The zero-order chi connectivity index (χ0) is 15.7. The number of anilines is 1. The molecule has 2 amide bonds. The maximum Gasteiger partial charge on any atom is 0.322 e. The summed E-state index contributed by atoms with van der Waals surface area (Å²) in [7, 11) is 0. The number of nitrogens with zero attached hydrogens (tertiary/aromatic N) is 2. The molecular formula is C18H23N3O. The van der Waals surface area contributed by atoms with Gasteiger partial charge in [0.15, 0.2) is 0 Å². The quantitative estimate of drug-likeness (QED) is 0.890. The van der Waals surface area contributed by atoms with Crippen LogP contribution < -0.4 is 5.32 Å². The summed E-state index contributed by atoms with van der Waals surface area (Å²) < 4.78 is 2.32. The van der Waals surface area contributed by atoms with Crippen LogP contribution in [0.3, 0.4) is 0 Å². The predicted molar refractivity (Wildman–Crippen MR) is 89.1 cm³/mol. The topological polar surface area (TPSA) is 37.3 Å². The molecule has 0 bridgehead atoms. The molecule has 0 saturated carbocycles. The molecular weight excluding hydrogens is 274 g/mol. The molecule has 1 aromatic heterocycles. The molecule has 0 aliphatic carbocycles. The normalized spacial score (nSPS) is 17.2. The summed E-state index contributed by atoms with van der Waals surface area (Å²) in [4.78, 5) is 14.6. The lowest BCUT2D eigenvalue weighted by molar-refractivity contribution is 0.165. The second-order valence-electron chi connectivity index (χ2n) is 5.97. The number of aryl methyl sites for hydroxylation is 2. The fourth-order valence-corrected chi connectivity index (χ4v) is 3.30. The van der Waals surface area contributed by atoms with Crippen LogP contribution in [0.5, 0.6) is 0 Å². The Morgan fingerprint density at radius 3 is 2.77 bits per heavy atom. The van der Waals surface area contributed by atoms with E-state index < -0.39 is 0 Å². The first-order valence-electron chi connectivity index (χ1n) is 7.90. The van der Waals surface area contributed by atoms with Gasteiger partial charge in [0, 0.05) is 30.2 Å². The van der Waals surface area contributed by atoms with Gasteiger partial charge in [-0.2, -0.15) is 0 Å². The van der Waals surface area contributed by atoms with Crippen molar-refractivity contribution < 1.29 is 4.79 Å². The number of amides is 2. The zero-order valence-electron chi connectivity index (χ0n) is 13.5. The number of hydrogen-bond acceptors (Lipinski definition) is 1. The molecule has 0 radical (unpaired) electrons. The van der Waals surface area contributed by atoms with E-state index in [1.54, 1.807) is 0 Å². The Morgan fingerprint density at radius 1 is 1.23 bits per heavy atom. The number of hydrogen-bond donors (Lipinski definition) is 1. The average Bonchev–Trinajstić information content (AvgIpc) is 2.88. The summed E-state index contributed by atoms with van der Waals surface area (Å²) in [5, 5.41) is 3.03. The van der Waals surface area contributed by atoms with E-state index in [-0.39, 0.29) is 12.1 Å². The number of nitrogens with one attached hydrogen (secondary N) is 1. The summed E-state index contributed by atoms with van der Waals surface area (Å²) in [6.45, 7) is 7.90. The van der Waals surface area contributed by atoms with Crippen LogP contribution in [0.15, 0.2) is 36.4 Å². The van der Waals surface area contributed by atoms with E-state index in [0.29, 0.717) is 0 Å². The van der Waals surface area contributed by atoms with Gasteiger partial charge in [0.2, 0.25) is 0 Å². The van der Waals surface area contributed by atoms with Crippen molar-refractivity contribution in [3.8, 4) is 0 Å². The van der Waals surface area contributed by atoms with Crippen LogP contribution >= 0.6 is 0 Å². The van der Waals surface area contributed by atoms with Crippen molar-refractivity contribution in [1.29, 1.82) is 0 Å². The van der Waals surface area contributed by atoms with Crippen LogP contribution in [0.2, 0.25) is 0 Å². The van der Waals surface area contributed by atoms with Gasteiger partial charge >= 0.3 is 6.03 Å². The number of carbonyl (C=O) groups is 1. The van der Waals surface area contributed by atoms with Crippen LogP contribution in [0.4, 0.5) is 10.5 Å².